The van der Waals surface area contributed by atoms with Gasteiger partial charge in [0.05, 0.1) is 0 Å². The number of aryl methyl sites for hydroxylation is 1. The van der Waals surface area contributed by atoms with Gasteiger partial charge in [0.15, 0.2) is 0 Å². The highest BCUT2D eigenvalue weighted by molar-refractivity contribution is 5.64. The van der Waals surface area contributed by atoms with E-state index in [4.69, 9.17) is 10.3 Å². The Hall–Kier alpha value is -2.69. The number of benzene rings is 1. The number of rotatable bonds is 2. The van der Waals surface area contributed by atoms with Crippen LogP contribution in [0.5, 0.6) is 0 Å². The average molecular weight is 252 g/mol. The predicted octanol–water partition coefficient (Wildman–Crippen LogP) is 2.69. The van der Waals surface area contributed by atoms with Crippen LogP contribution in [0.3, 0.4) is 0 Å². The van der Waals surface area contributed by atoms with Crippen molar-refractivity contribution in [1.29, 1.82) is 0 Å². The van der Waals surface area contributed by atoms with E-state index in [1.165, 1.54) is 0 Å². The van der Waals surface area contributed by atoms with Crippen molar-refractivity contribution in [3.05, 3.63) is 48.3 Å². The monoisotopic (exact) mass is 252 g/mol. The van der Waals surface area contributed by atoms with Crippen LogP contribution in [0.15, 0.2) is 47.2 Å². The van der Waals surface area contributed by atoms with Crippen LogP contribution in [-0.2, 0) is 0 Å². The molecule has 19 heavy (non-hydrogen) atoms. The van der Waals surface area contributed by atoms with Gasteiger partial charge < -0.3 is 10.3 Å². The Morgan fingerprint density at radius 2 is 1.89 bits per heavy atom. The van der Waals surface area contributed by atoms with Gasteiger partial charge in [-0.2, -0.15) is 4.98 Å². The second-order valence-corrected chi connectivity index (χ2v) is 4.23. The number of hydrogen-bond donors (Lipinski definition) is 1. The fourth-order valence-corrected chi connectivity index (χ4v) is 1.88. The molecule has 2 N–H and O–H groups in total. The first-order valence-electron chi connectivity index (χ1n) is 5.84. The molecule has 2 aromatic heterocycles. The Bertz CT molecular complexity index is 706. The fraction of sp³-hybridized carbons (Fsp3) is 0.0714. The number of anilines is 1. The van der Waals surface area contributed by atoms with Crippen LogP contribution in [0.4, 0.5) is 5.69 Å². The van der Waals surface area contributed by atoms with Crippen molar-refractivity contribution in [3.63, 3.8) is 0 Å². The molecule has 0 aliphatic carbocycles. The highest BCUT2D eigenvalue weighted by Crippen LogP contribution is 2.25. The highest BCUT2D eigenvalue weighted by Gasteiger charge is 2.12. The van der Waals surface area contributed by atoms with Crippen molar-refractivity contribution >= 4 is 5.69 Å². The van der Waals surface area contributed by atoms with E-state index in [9.17, 15) is 0 Å². The second kappa shape index (κ2) is 4.53. The van der Waals surface area contributed by atoms with Gasteiger partial charge in [-0.3, -0.25) is 4.98 Å². The molecule has 5 heteroatoms. The van der Waals surface area contributed by atoms with Crippen LogP contribution < -0.4 is 5.73 Å². The molecular weight excluding hydrogens is 240 g/mol. The molecule has 0 saturated carbocycles. The second-order valence-electron chi connectivity index (χ2n) is 4.23. The molecule has 0 saturated heterocycles. The van der Waals surface area contributed by atoms with Crippen molar-refractivity contribution in [2.45, 2.75) is 6.92 Å². The first-order chi connectivity index (χ1) is 9.24. The van der Waals surface area contributed by atoms with Crippen LogP contribution in [0.25, 0.3) is 22.8 Å². The van der Waals surface area contributed by atoms with Gasteiger partial charge in [-0.05, 0) is 42.8 Å². The minimum absolute atomic E-state index is 0.490. The Morgan fingerprint density at radius 3 is 2.63 bits per heavy atom. The molecule has 3 rings (SSSR count). The Balaban J connectivity index is 2.02. The summed E-state index contributed by atoms with van der Waals surface area (Å²) in [4.78, 5) is 8.35. The predicted molar refractivity (Wildman–Crippen MR) is 72.1 cm³/mol. The van der Waals surface area contributed by atoms with Crippen LogP contribution in [0, 0.1) is 6.92 Å². The number of nitrogen functional groups attached to an aromatic ring is 1. The van der Waals surface area contributed by atoms with E-state index >= 15 is 0 Å². The fourth-order valence-electron chi connectivity index (χ4n) is 1.88. The van der Waals surface area contributed by atoms with Crippen LogP contribution in [0.2, 0.25) is 0 Å². The first-order valence-corrected chi connectivity index (χ1v) is 5.84. The van der Waals surface area contributed by atoms with Crippen molar-refractivity contribution in [2.24, 2.45) is 0 Å². The van der Waals surface area contributed by atoms with E-state index in [1.54, 1.807) is 12.4 Å². The zero-order valence-electron chi connectivity index (χ0n) is 10.4. The number of hydrogen-bond acceptors (Lipinski definition) is 5. The molecule has 0 bridgehead atoms. The third-order valence-electron chi connectivity index (χ3n) is 2.85. The normalized spacial score (nSPS) is 10.6. The number of nitrogens with two attached hydrogens (primary N) is 1. The molecule has 0 atom stereocenters. The van der Waals surface area contributed by atoms with E-state index in [0.29, 0.717) is 11.7 Å². The lowest BCUT2D eigenvalue weighted by Gasteiger charge is -2.01. The molecule has 0 aliphatic rings. The summed E-state index contributed by atoms with van der Waals surface area (Å²) in [5.41, 5.74) is 9.21. The first kappa shape index (κ1) is 11.4. The summed E-state index contributed by atoms with van der Waals surface area (Å²) in [6, 6.07) is 9.26. The third kappa shape index (κ3) is 2.18. The Morgan fingerprint density at radius 1 is 1.11 bits per heavy atom. The standard InChI is InChI=1S/C14H12N4O/c1-9-8-11(15)2-3-12(9)14-17-13(18-19-14)10-4-6-16-7-5-10/h2-8H,15H2,1H3. The summed E-state index contributed by atoms with van der Waals surface area (Å²) in [5, 5.41) is 3.98. The maximum Gasteiger partial charge on any atom is 0.258 e. The van der Waals surface area contributed by atoms with Crippen molar-refractivity contribution in [2.75, 3.05) is 5.73 Å². The van der Waals surface area contributed by atoms with Gasteiger partial charge in [-0.1, -0.05) is 5.16 Å². The maximum absolute atomic E-state index is 5.73. The van der Waals surface area contributed by atoms with Crippen molar-refractivity contribution in [1.82, 2.24) is 15.1 Å². The molecule has 0 radical (unpaired) electrons. The van der Waals surface area contributed by atoms with Gasteiger partial charge in [-0.25, -0.2) is 0 Å². The molecule has 1 aromatic carbocycles. The summed E-state index contributed by atoms with van der Waals surface area (Å²) < 4.78 is 5.30. The minimum atomic E-state index is 0.490. The van der Waals surface area contributed by atoms with Crippen molar-refractivity contribution < 1.29 is 4.52 Å². The molecule has 3 aromatic rings. The lowest BCUT2D eigenvalue weighted by molar-refractivity contribution is 0.432. The lowest BCUT2D eigenvalue weighted by Crippen LogP contribution is -1.88. The molecule has 0 unspecified atom stereocenters. The van der Waals surface area contributed by atoms with Gasteiger partial charge in [0, 0.05) is 29.2 Å². The zero-order valence-corrected chi connectivity index (χ0v) is 10.4. The summed E-state index contributed by atoms with van der Waals surface area (Å²) in [7, 11) is 0. The van der Waals surface area contributed by atoms with Crippen LogP contribution in [0.1, 0.15) is 5.56 Å². The van der Waals surface area contributed by atoms with Crippen molar-refractivity contribution in [3.8, 4) is 22.8 Å². The van der Waals surface area contributed by atoms with E-state index in [1.807, 2.05) is 37.3 Å². The molecular formula is C14H12N4O. The number of nitrogens with zero attached hydrogens (tertiary/aromatic N) is 3. The third-order valence-corrected chi connectivity index (χ3v) is 2.85. The smallest absolute Gasteiger partial charge is 0.258 e. The molecule has 5 nitrogen and oxygen atoms in total. The number of pyridine rings is 1. The molecule has 94 valence electrons. The molecule has 0 amide bonds. The van der Waals surface area contributed by atoms with Gasteiger partial charge in [0.1, 0.15) is 0 Å². The number of aromatic nitrogens is 3. The summed E-state index contributed by atoms with van der Waals surface area (Å²) in [5.74, 6) is 1.04. The molecule has 0 fully saturated rings. The van der Waals surface area contributed by atoms with Crippen LogP contribution >= 0.6 is 0 Å². The minimum Gasteiger partial charge on any atom is -0.399 e. The zero-order chi connectivity index (χ0) is 13.2. The van der Waals surface area contributed by atoms with E-state index in [-0.39, 0.29) is 0 Å². The van der Waals surface area contributed by atoms with Gasteiger partial charge >= 0.3 is 0 Å². The average Bonchev–Trinajstić information content (AvgIpc) is 2.89. The molecule has 0 aliphatic heterocycles. The largest absolute Gasteiger partial charge is 0.399 e. The van der Waals surface area contributed by atoms with Gasteiger partial charge in [0.2, 0.25) is 5.82 Å². The van der Waals surface area contributed by atoms with Crippen LogP contribution in [-0.4, -0.2) is 15.1 Å². The summed E-state index contributed by atoms with van der Waals surface area (Å²) >= 11 is 0. The Kier molecular flexibility index (Phi) is 2.72. The lowest BCUT2D eigenvalue weighted by atomic mass is 10.1. The van der Waals surface area contributed by atoms with Gasteiger partial charge in [0.25, 0.3) is 5.89 Å². The summed E-state index contributed by atoms with van der Waals surface area (Å²) in [6.07, 6.45) is 3.39. The summed E-state index contributed by atoms with van der Waals surface area (Å²) in [6.45, 7) is 1.96. The highest BCUT2D eigenvalue weighted by atomic mass is 16.5. The molecule has 0 spiro atoms. The van der Waals surface area contributed by atoms with E-state index < -0.39 is 0 Å². The van der Waals surface area contributed by atoms with Gasteiger partial charge in [-0.15, -0.1) is 0 Å². The van der Waals surface area contributed by atoms with E-state index in [2.05, 4.69) is 15.1 Å². The quantitative estimate of drug-likeness (QED) is 0.709. The maximum atomic E-state index is 5.73. The van der Waals surface area contributed by atoms with E-state index in [0.717, 1.165) is 22.4 Å². The SMILES string of the molecule is Cc1cc(N)ccc1-c1nc(-c2ccncc2)no1. The Labute approximate surface area is 110 Å². The molecule has 2 heterocycles. The topological polar surface area (TPSA) is 77.8 Å².